The molecule has 4 heterocycles. The van der Waals surface area contributed by atoms with Gasteiger partial charge in [-0.3, -0.25) is 4.79 Å². The van der Waals surface area contributed by atoms with Crippen molar-refractivity contribution in [2.45, 2.75) is 38.0 Å². The second-order valence-electron chi connectivity index (χ2n) is 9.10. The molecule has 1 aromatic carbocycles. The van der Waals surface area contributed by atoms with Gasteiger partial charge in [0, 0.05) is 67.9 Å². The highest BCUT2D eigenvalue weighted by Gasteiger charge is 2.23. The first-order valence-corrected chi connectivity index (χ1v) is 13.7. The molecule has 0 amide bonds. The Bertz CT molecular complexity index is 1210. The molecule has 5 rings (SSSR count). The minimum absolute atomic E-state index is 0. The van der Waals surface area contributed by atoms with Crippen molar-refractivity contribution >= 4 is 41.6 Å². The lowest BCUT2D eigenvalue weighted by Gasteiger charge is -2.28. The predicted molar refractivity (Wildman–Crippen MR) is 148 cm³/mol. The largest absolute Gasteiger partial charge is 0.481 e. The van der Waals surface area contributed by atoms with Gasteiger partial charge in [0.2, 0.25) is 12.7 Å². The van der Waals surface area contributed by atoms with Gasteiger partial charge in [-0.2, -0.15) is 16.7 Å². The minimum atomic E-state index is -0.884. The lowest BCUT2D eigenvalue weighted by Crippen LogP contribution is -2.32. The van der Waals surface area contributed by atoms with E-state index in [-0.39, 0.29) is 31.5 Å². The summed E-state index contributed by atoms with van der Waals surface area (Å²) < 4.78 is 16.2. The summed E-state index contributed by atoms with van der Waals surface area (Å²) in [5, 5.41) is 16.9. The Morgan fingerprint density at radius 3 is 2.82 bits per heavy atom. The first-order chi connectivity index (χ1) is 18.1. The summed E-state index contributed by atoms with van der Waals surface area (Å²) in [5.74, 6) is 4.40. The first-order valence-electron chi connectivity index (χ1n) is 12.6. The van der Waals surface area contributed by atoms with Crippen molar-refractivity contribution in [3.8, 4) is 11.5 Å². The third-order valence-electron chi connectivity index (χ3n) is 6.47. The molecule has 2 N–H and O–H groups in total. The minimum Gasteiger partial charge on any atom is -0.481 e. The standard InChI is InChI=1S/C26H31N5O5S.ClH/c32-26(33)15-19(18-4-5-21-22(13-18)35-17-34-21)14-25-29-23(30-36-25)3-1-2-7-27-24-16-20(6-8-28-24)31-9-11-37-12-10-31;/h4-6,8,13,16,19H,1-3,7,9-12,14-15,17H2,(H,27,28)(H,32,33);1H. The molecular weight excluding hydrogens is 530 g/mol. The van der Waals surface area contributed by atoms with Crippen molar-refractivity contribution in [3.63, 3.8) is 0 Å². The number of nitrogens with one attached hydrogen (secondary N) is 1. The van der Waals surface area contributed by atoms with E-state index in [1.807, 2.05) is 30.1 Å². The van der Waals surface area contributed by atoms with E-state index < -0.39 is 5.97 Å². The molecule has 1 fully saturated rings. The molecule has 0 aliphatic carbocycles. The predicted octanol–water partition coefficient (Wildman–Crippen LogP) is 4.40. The number of ether oxygens (including phenoxy) is 2. The average molecular weight is 562 g/mol. The molecule has 1 unspecified atom stereocenters. The van der Waals surface area contributed by atoms with Gasteiger partial charge in [-0.1, -0.05) is 11.2 Å². The van der Waals surface area contributed by atoms with Crippen LogP contribution in [0.4, 0.5) is 11.5 Å². The van der Waals surface area contributed by atoms with Crippen LogP contribution < -0.4 is 19.7 Å². The second kappa shape index (κ2) is 13.6. The third-order valence-corrected chi connectivity index (χ3v) is 7.42. The Labute approximate surface area is 231 Å². The van der Waals surface area contributed by atoms with Gasteiger partial charge >= 0.3 is 5.97 Å². The Kier molecular flexibility index (Phi) is 9.94. The van der Waals surface area contributed by atoms with Crippen LogP contribution >= 0.6 is 24.2 Å². The smallest absolute Gasteiger partial charge is 0.303 e. The molecule has 2 aliphatic heterocycles. The molecule has 204 valence electrons. The number of nitrogens with zero attached hydrogens (tertiary/aromatic N) is 4. The summed E-state index contributed by atoms with van der Waals surface area (Å²) in [5.41, 5.74) is 2.06. The molecule has 12 heteroatoms. The SMILES string of the molecule is Cl.O=C(O)CC(Cc1nc(CCCCNc2cc(N3CCSCC3)ccn2)no1)c1ccc2c(c1)OCO2. The second-order valence-corrected chi connectivity index (χ2v) is 10.3. The van der Waals surface area contributed by atoms with Crippen LogP contribution in [0.5, 0.6) is 11.5 Å². The maximum absolute atomic E-state index is 11.5. The van der Waals surface area contributed by atoms with E-state index in [0.29, 0.717) is 36.1 Å². The van der Waals surface area contributed by atoms with Gasteiger partial charge in [-0.05, 0) is 36.6 Å². The van der Waals surface area contributed by atoms with Crippen molar-refractivity contribution in [1.29, 1.82) is 0 Å². The molecule has 0 saturated carbocycles. The van der Waals surface area contributed by atoms with Crippen LogP contribution in [0, 0.1) is 0 Å². The summed E-state index contributed by atoms with van der Waals surface area (Å²) >= 11 is 2.00. The van der Waals surface area contributed by atoms with E-state index in [1.54, 1.807) is 6.07 Å². The van der Waals surface area contributed by atoms with Crippen molar-refractivity contribution in [2.75, 3.05) is 48.1 Å². The van der Waals surface area contributed by atoms with E-state index in [4.69, 9.17) is 14.0 Å². The summed E-state index contributed by atoms with van der Waals surface area (Å²) in [6, 6.07) is 9.69. The van der Waals surface area contributed by atoms with Gasteiger partial charge in [-0.25, -0.2) is 4.98 Å². The van der Waals surface area contributed by atoms with Crippen LogP contribution in [0.2, 0.25) is 0 Å². The fourth-order valence-corrected chi connectivity index (χ4v) is 5.43. The molecule has 2 aromatic heterocycles. The highest BCUT2D eigenvalue weighted by molar-refractivity contribution is 7.99. The van der Waals surface area contributed by atoms with Crippen LogP contribution in [-0.2, 0) is 17.6 Å². The first kappa shape index (κ1) is 27.8. The van der Waals surface area contributed by atoms with E-state index in [2.05, 4.69) is 37.5 Å². The number of unbranched alkanes of at least 4 members (excludes halogenated alkanes) is 1. The van der Waals surface area contributed by atoms with E-state index in [0.717, 1.165) is 43.9 Å². The molecule has 0 spiro atoms. The number of aromatic nitrogens is 3. The quantitative estimate of drug-likeness (QED) is 0.306. The number of carbonyl (C=O) groups is 1. The Morgan fingerprint density at radius 1 is 1.13 bits per heavy atom. The van der Waals surface area contributed by atoms with Crippen LogP contribution in [-0.4, -0.2) is 64.1 Å². The van der Waals surface area contributed by atoms with Crippen molar-refractivity contribution in [3.05, 3.63) is 53.8 Å². The van der Waals surface area contributed by atoms with E-state index in [1.165, 1.54) is 17.2 Å². The Balaban J connectivity index is 0.00000336. The van der Waals surface area contributed by atoms with Gasteiger partial charge < -0.3 is 29.3 Å². The molecular formula is C26H32ClN5O5S. The monoisotopic (exact) mass is 561 g/mol. The fraction of sp³-hybridized carbons (Fsp3) is 0.462. The van der Waals surface area contributed by atoms with Crippen molar-refractivity contribution in [1.82, 2.24) is 15.1 Å². The number of fused-ring (bicyclic) bond motifs is 1. The number of hydrogen-bond donors (Lipinski definition) is 2. The van der Waals surface area contributed by atoms with E-state index >= 15 is 0 Å². The highest BCUT2D eigenvalue weighted by atomic mass is 35.5. The topological polar surface area (TPSA) is 123 Å². The Morgan fingerprint density at radius 2 is 1.97 bits per heavy atom. The van der Waals surface area contributed by atoms with Crippen LogP contribution in [0.25, 0.3) is 0 Å². The number of halogens is 1. The molecule has 2 aliphatic rings. The van der Waals surface area contributed by atoms with Crippen LogP contribution in [0.1, 0.15) is 42.5 Å². The summed E-state index contributed by atoms with van der Waals surface area (Å²) in [6.45, 7) is 3.14. The Hall–Kier alpha value is -3.18. The van der Waals surface area contributed by atoms with Gasteiger partial charge in [0.25, 0.3) is 0 Å². The van der Waals surface area contributed by atoms with Crippen LogP contribution in [0.3, 0.4) is 0 Å². The number of thioether (sulfide) groups is 1. The average Bonchev–Trinajstić information content (AvgIpc) is 3.57. The van der Waals surface area contributed by atoms with Crippen molar-refractivity contribution < 1.29 is 23.9 Å². The summed E-state index contributed by atoms with van der Waals surface area (Å²) in [6.07, 6.45) is 4.69. The fourth-order valence-electron chi connectivity index (χ4n) is 4.53. The number of anilines is 2. The zero-order valence-corrected chi connectivity index (χ0v) is 22.6. The number of hydrogen-bond acceptors (Lipinski definition) is 10. The van der Waals surface area contributed by atoms with Crippen LogP contribution in [0.15, 0.2) is 41.1 Å². The van der Waals surface area contributed by atoms with Gasteiger partial charge in [0.15, 0.2) is 17.3 Å². The number of rotatable bonds is 12. The molecule has 38 heavy (non-hydrogen) atoms. The number of benzene rings is 1. The molecule has 0 radical (unpaired) electrons. The van der Waals surface area contributed by atoms with Gasteiger partial charge in [0.05, 0.1) is 6.42 Å². The number of pyridine rings is 1. The summed E-state index contributed by atoms with van der Waals surface area (Å²) in [4.78, 5) is 22.8. The zero-order valence-electron chi connectivity index (χ0n) is 21.0. The maximum Gasteiger partial charge on any atom is 0.303 e. The third kappa shape index (κ3) is 7.44. The normalized spacial score (nSPS) is 15.1. The highest BCUT2D eigenvalue weighted by Crippen LogP contribution is 2.36. The van der Waals surface area contributed by atoms with Gasteiger partial charge in [0.1, 0.15) is 5.82 Å². The number of carboxylic acids is 1. The lowest BCUT2D eigenvalue weighted by atomic mass is 9.92. The van der Waals surface area contributed by atoms with Gasteiger partial charge in [-0.15, -0.1) is 12.4 Å². The van der Waals surface area contributed by atoms with E-state index in [9.17, 15) is 9.90 Å². The summed E-state index contributed by atoms with van der Waals surface area (Å²) in [7, 11) is 0. The molecule has 1 saturated heterocycles. The molecule has 0 bridgehead atoms. The lowest BCUT2D eigenvalue weighted by molar-refractivity contribution is -0.137. The maximum atomic E-state index is 11.5. The number of aryl methyl sites for hydroxylation is 1. The molecule has 3 aromatic rings. The number of aliphatic carboxylic acids is 1. The van der Waals surface area contributed by atoms with Crippen molar-refractivity contribution in [2.24, 2.45) is 0 Å². The zero-order chi connectivity index (χ0) is 25.5. The number of carboxylic acid groups (broad SMARTS) is 1. The molecule has 10 nitrogen and oxygen atoms in total. The molecule has 1 atom stereocenters.